The highest BCUT2D eigenvalue weighted by atomic mass is 16.3. The van der Waals surface area contributed by atoms with E-state index >= 15 is 0 Å². The topological polar surface area (TPSA) is 56.7 Å². The predicted octanol–water partition coefficient (Wildman–Crippen LogP) is 14.0. The highest BCUT2D eigenvalue weighted by Crippen LogP contribution is 2.37. The highest BCUT2D eigenvalue weighted by molar-refractivity contribution is 6.11. The van der Waals surface area contributed by atoms with E-state index in [9.17, 15) is 0 Å². The molecule has 58 heavy (non-hydrogen) atoms. The van der Waals surface area contributed by atoms with Gasteiger partial charge in [0.2, 0.25) is 0 Å². The number of benzene rings is 6. The molecule has 0 bridgehead atoms. The molecule has 278 valence electrons. The standard InChI is InChI=1S/C53H40N4O/c1-4-6-20-37(5-2)43-25-12-13-26-44(43)39-31-32-42-36(3)19-9-8-16-33-57(47(42)35-39)41-24-17-23-40(34-41)52-54-51(38-21-10-7-11-22-38)55-53(56-52)46-28-18-30-49-50(46)45-27-14-15-29-48(45)58-49/h4-35H,1H2,2-3H3/b9-8?,20-6-,33-16?,36-19?,37-5+. The van der Waals surface area contributed by atoms with Gasteiger partial charge in [-0.1, -0.05) is 158 Å². The molecule has 0 amide bonds. The fraction of sp³-hybridized carbons (Fsp3) is 0.0377. The maximum atomic E-state index is 6.27. The average molecular weight is 749 g/mol. The molecule has 0 aliphatic rings. The first-order valence-electron chi connectivity index (χ1n) is 19.4. The summed E-state index contributed by atoms with van der Waals surface area (Å²) in [5, 5.41) is 3.14. The van der Waals surface area contributed by atoms with Gasteiger partial charge < -0.3 is 8.98 Å². The lowest BCUT2D eigenvalue weighted by Crippen LogP contribution is -2.01. The fourth-order valence-electron chi connectivity index (χ4n) is 7.62. The Hall–Kier alpha value is -7.63. The van der Waals surface area contributed by atoms with Crippen LogP contribution in [0.25, 0.3) is 89.4 Å². The second kappa shape index (κ2) is 15.8. The molecule has 0 aliphatic carbocycles. The van der Waals surface area contributed by atoms with Crippen LogP contribution in [0, 0.1) is 6.92 Å². The number of furan rings is 1. The lowest BCUT2D eigenvalue weighted by atomic mass is 9.93. The Kier molecular flexibility index (Phi) is 9.85. The molecule has 5 nitrogen and oxygen atoms in total. The summed E-state index contributed by atoms with van der Waals surface area (Å²) in [7, 11) is 0. The number of para-hydroxylation sites is 1. The SMILES string of the molecule is C=C/C=C\C(=C/C)c1ccccc1-c1ccc2c(C)cccccn(-c3cccc(-c4nc(-c5ccccc5)nc(-c5cccc6oc7ccccc7c56)n4)c3)c2c1. The van der Waals surface area contributed by atoms with E-state index in [1.807, 2.05) is 72.8 Å². The van der Waals surface area contributed by atoms with Gasteiger partial charge in [-0.05, 0) is 78.1 Å². The Morgan fingerprint density at radius 1 is 0.586 bits per heavy atom. The number of allylic oxidation sites excluding steroid dienone is 5. The van der Waals surface area contributed by atoms with Crippen molar-refractivity contribution in [2.45, 2.75) is 13.8 Å². The number of fused-ring (bicyclic) bond motifs is 4. The maximum absolute atomic E-state index is 6.27. The Balaban J connectivity index is 1.25. The molecule has 0 spiro atoms. The summed E-state index contributed by atoms with van der Waals surface area (Å²) in [5.41, 5.74) is 12.0. The quantitative estimate of drug-likeness (QED) is 0.145. The third-order valence-electron chi connectivity index (χ3n) is 10.5. The van der Waals surface area contributed by atoms with Crippen molar-refractivity contribution in [3.05, 3.63) is 212 Å². The van der Waals surface area contributed by atoms with Gasteiger partial charge in [0.25, 0.3) is 0 Å². The van der Waals surface area contributed by atoms with Gasteiger partial charge in [0, 0.05) is 44.7 Å². The molecule has 0 saturated carbocycles. The van der Waals surface area contributed by atoms with Crippen LogP contribution >= 0.6 is 0 Å². The molecule has 0 fully saturated rings. The molecular weight excluding hydrogens is 709 g/mol. The van der Waals surface area contributed by atoms with Crippen molar-refractivity contribution in [1.82, 2.24) is 19.5 Å². The third kappa shape index (κ3) is 6.91. The molecule has 3 heterocycles. The van der Waals surface area contributed by atoms with Crippen LogP contribution in [0.1, 0.15) is 18.1 Å². The van der Waals surface area contributed by atoms with Crippen molar-refractivity contribution in [3.8, 4) is 51.0 Å². The van der Waals surface area contributed by atoms with Crippen molar-refractivity contribution in [2.24, 2.45) is 0 Å². The van der Waals surface area contributed by atoms with Crippen LogP contribution in [-0.2, 0) is 0 Å². The van der Waals surface area contributed by atoms with Crippen LogP contribution in [0.3, 0.4) is 0 Å². The lowest BCUT2D eigenvalue weighted by molar-refractivity contribution is 0.669. The van der Waals surface area contributed by atoms with Crippen molar-refractivity contribution in [1.29, 1.82) is 0 Å². The van der Waals surface area contributed by atoms with E-state index in [-0.39, 0.29) is 0 Å². The van der Waals surface area contributed by atoms with E-state index in [2.05, 4.69) is 146 Å². The van der Waals surface area contributed by atoms with Gasteiger partial charge in [-0.3, -0.25) is 0 Å². The predicted molar refractivity (Wildman–Crippen MR) is 241 cm³/mol. The first-order chi connectivity index (χ1) is 28.6. The van der Waals surface area contributed by atoms with Crippen LogP contribution in [0.15, 0.2) is 205 Å². The number of nitrogens with zero attached hydrogens (tertiary/aromatic N) is 4. The minimum Gasteiger partial charge on any atom is -0.456 e. The van der Waals surface area contributed by atoms with Gasteiger partial charge in [-0.25, -0.2) is 15.0 Å². The number of hydrogen-bond donors (Lipinski definition) is 0. The van der Waals surface area contributed by atoms with Crippen molar-refractivity contribution >= 4 is 38.4 Å². The van der Waals surface area contributed by atoms with Gasteiger partial charge >= 0.3 is 0 Å². The van der Waals surface area contributed by atoms with E-state index < -0.39 is 0 Å². The second-order valence-electron chi connectivity index (χ2n) is 14.1. The van der Waals surface area contributed by atoms with Crippen molar-refractivity contribution in [3.63, 3.8) is 0 Å². The zero-order chi connectivity index (χ0) is 39.4. The monoisotopic (exact) mass is 748 g/mol. The minimum absolute atomic E-state index is 0.578. The van der Waals surface area contributed by atoms with Gasteiger partial charge in [0.15, 0.2) is 17.5 Å². The second-order valence-corrected chi connectivity index (χ2v) is 14.1. The molecular formula is C53H40N4O. The van der Waals surface area contributed by atoms with Crippen LogP contribution in [0.2, 0.25) is 0 Å². The fourth-order valence-corrected chi connectivity index (χ4v) is 7.62. The summed E-state index contributed by atoms with van der Waals surface area (Å²) in [6.07, 6.45) is 10.2. The van der Waals surface area contributed by atoms with E-state index in [4.69, 9.17) is 19.4 Å². The van der Waals surface area contributed by atoms with Crippen LogP contribution < -0.4 is 0 Å². The Bertz CT molecular complexity index is 3110. The minimum atomic E-state index is 0.578. The Labute approximate surface area is 338 Å². The average Bonchev–Trinajstić information content (AvgIpc) is 3.70. The first kappa shape index (κ1) is 36.0. The van der Waals surface area contributed by atoms with E-state index in [1.54, 1.807) is 0 Å². The molecule has 3 aromatic heterocycles. The molecule has 6 aromatic carbocycles. The summed E-state index contributed by atoms with van der Waals surface area (Å²) in [6.45, 7) is 8.12. The number of rotatable bonds is 8. The summed E-state index contributed by atoms with van der Waals surface area (Å²) < 4.78 is 8.52. The first-order valence-corrected chi connectivity index (χ1v) is 19.4. The van der Waals surface area contributed by atoms with Crippen LogP contribution in [0.4, 0.5) is 0 Å². The molecule has 0 N–H and O–H groups in total. The summed E-state index contributed by atoms with van der Waals surface area (Å²) in [4.78, 5) is 15.4. The normalized spacial score (nSPS) is 11.7. The molecule has 9 rings (SSSR count). The number of hydrogen-bond acceptors (Lipinski definition) is 4. The maximum Gasteiger partial charge on any atom is 0.164 e. The van der Waals surface area contributed by atoms with Crippen LogP contribution in [0.5, 0.6) is 0 Å². The van der Waals surface area contributed by atoms with Crippen molar-refractivity contribution in [2.75, 3.05) is 0 Å². The number of aryl methyl sites for hydroxylation is 1. The molecule has 0 aliphatic heterocycles. The Morgan fingerprint density at radius 2 is 1.28 bits per heavy atom. The van der Waals surface area contributed by atoms with Gasteiger partial charge in [-0.15, -0.1) is 0 Å². The Morgan fingerprint density at radius 3 is 2.14 bits per heavy atom. The summed E-state index contributed by atoms with van der Waals surface area (Å²) in [6, 6.07) is 56.4. The van der Waals surface area contributed by atoms with E-state index in [0.29, 0.717) is 17.5 Å². The molecule has 0 saturated heterocycles. The molecule has 0 atom stereocenters. The lowest BCUT2D eigenvalue weighted by Gasteiger charge is -2.15. The zero-order valence-electron chi connectivity index (χ0n) is 32.4. The van der Waals surface area contributed by atoms with Gasteiger partial charge in [0.1, 0.15) is 11.2 Å². The molecule has 9 aromatic rings. The third-order valence-corrected chi connectivity index (χ3v) is 10.5. The van der Waals surface area contributed by atoms with Gasteiger partial charge in [-0.2, -0.15) is 0 Å². The molecule has 0 unspecified atom stereocenters. The smallest absolute Gasteiger partial charge is 0.164 e. The number of aromatic nitrogens is 4. The molecule has 5 heteroatoms. The molecule has 0 radical (unpaired) electrons. The highest BCUT2D eigenvalue weighted by Gasteiger charge is 2.18. The van der Waals surface area contributed by atoms with E-state index in [0.717, 1.165) is 83.0 Å². The van der Waals surface area contributed by atoms with E-state index in [1.165, 1.54) is 0 Å². The largest absolute Gasteiger partial charge is 0.456 e. The van der Waals surface area contributed by atoms with Crippen molar-refractivity contribution < 1.29 is 4.42 Å². The van der Waals surface area contributed by atoms with Crippen LogP contribution in [-0.4, -0.2) is 19.5 Å². The summed E-state index contributed by atoms with van der Waals surface area (Å²) in [5.74, 6) is 1.76. The summed E-state index contributed by atoms with van der Waals surface area (Å²) >= 11 is 0. The zero-order valence-corrected chi connectivity index (χ0v) is 32.4. The van der Waals surface area contributed by atoms with Gasteiger partial charge in [0.05, 0.1) is 5.52 Å².